The molecule has 2 amide bonds. The number of benzene rings is 2. The summed E-state index contributed by atoms with van der Waals surface area (Å²) in [5.74, 6) is -0.335. The van der Waals surface area contributed by atoms with Gasteiger partial charge in [-0.15, -0.1) is 11.3 Å². The molecule has 3 aromatic rings. The SMILES string of the molecule is COC(=O)C=Cc1ccc(-c2ccc(C(=O)N3CC(N4CCN(C(=O)c5nccs5)CC4)C3)cc2)cc1. The van der Waals surface area contributed by atoms with E-state index >= 15 is 0 Å². The normalized spacial score (nSPS) is 16.6. The molecule has 2 aliphatic heterocycles. The monoisotopic (exact) mass is 516 g/mol. The smallest absolute Gasteiger partial charge is 0.330 e. The molecule has 5 rings (SSSR count). The lowest BCUT2D eigenvalue weighted by atomic mass is 10.0. The zero-order valence-corrected chi connectivity index (χ0v) is 21.4. The van der Waals surface area contributed by atoms with E-state index in [2.05, 4.69) is 14.6 Å². The maximum Gasteiger partial charge on any atom is 0.330 e. The molecule has 2 aromatic carbocycles. The van der Waals surface area contributed by atoms with Crippen molar-refractivity contribution in [2.24, 2.45) is 0 Å². The predicted octanol–water partition coefficient (Wildman–Crippen LogP) is 3.28. The van der Waals surface area contributed by atoms with Crippen LogP contribution in [0.3, 0.4) is 0 Å². The van der Waals surface area contributed by atoms with Crippen LogP contribution in [0.1, 0.15) is 25.7 Å². The van der Waals surface area contributed by atoms with Crippen molar-refractivity contribution >= 4 is 35.2 Å². The van der Waals surface area contributed by atoms with Crippen molar-refractivity contribution in [3.05, 3.63) is 82.3 Å². The van der Waals surface area contributed by atoms with Crippen molar-refractivity contribution in [1.29, 1.82) is 0 Å². The highest BCUT2D eigenvalue weighted by atomic mass is 32.1. The summed E-state index contributed by atoms with van der Waals surface area (Å²) in [5, 5.41) is 2.37. The van der Waals surface area contributed by atoms with E-state index in [4.69, 9.17) is 0 Å². The quantitative estimate of drug-likeness (QED) is 0.370. The fourth-order valence-electron chi connectivity index (χ4n) is 4.61. The number of hydrogen-bond donors (Lipinski definition) is 0. The standard InChI is InChI=1S/C28H28N4O4S/c1-36-25(33)11-4-20-2-5-21(6-3-20)22-7-9-23(10-8-22)27(34)32-18-24(19-32)30-13-15-31(16-14-30)28(35)26-29-12-17-37-26/h2-12,17,24H,13-16,18-19H2,1H3. The van der Waals surface area contributed by atoms with Crippen molar-refractivity contribution in [3.8, 4) is 11.1 Å². The Morgan fingerprint density at radius 2 is 1.54 bits per heavy atom. The first-order valence-electron chi connectivity index (χ1n) is 12.2. The first-order chi connectivity index (χ1) is 18.0. The number of amides is 2. The third-order valence-corrected chi connectivity index (χ3v) is 7.63. The molecule has 0 spiro atoms. The fraction of sp³-hybridized carbons (Fsp3) is 0.286. The molecule has 0 saturated carbocycles. The molecule has 0 unspecified atom stereocenters. The zero-order valence-electron chi connectivity index (χ0n) is 20.6. The van der Waals surface area contributed by atoms with Gasteiger partial charge in [-0.3, -0.25) is 14.5 Å². The Hall–Kier alpha value is -3.82. The molecule has 190 valence electrons. The van der Waals surface area contributed by atoms with E-state index in [-0.39, 0.29) is 17.8 Å². The minimum absolute atomic E-state index is 0.00913. The highest BCUT2D eigenvalue weighted by Gasteiger charge is 2.37. The molecule has 2 aliphatic rings. The average molecular weight is 517 g/mol. The van der Waals surface area contributed by atoms with Gasteiger partial charge in [0.2, 0.25) is 0 Å². The number of thiazole rings is 1. The third kappa shape index (κ3) is 5.63. The number of ether oxygens (including phenoxy) is 1. The summed E-state index contributed by atoms with van der Waals surface area (Å²) in [6.07, 6.45) is 4.76. The van der Waals surface area contributed by atoms with Gasteiger partial charge >= 0.3 is 5.97 Å². The number of aromatic nitrogens is 1. The van der Waals surface area contributed by atoms with Gasteiger partial charge in [-0.1, -0.05) is 36.4 Å². The van der Waals surface area contributed by atoms with Crippen LogP contribution in [-0.2, 0) is 9.53 Å². The lowest BCUT2D eigenvalue weighted by Crippen LogP contribution is -2.64. The number of hydrogen-bond acceptors (Lipinski definition) is 7. The van der Waals surface area contributed by atoms with Crippen molar-refractivity contribution in [3.63, 3.8) is 0 Å². The molecular formula is C28H28N4O4S. The zero-order chi connectivity index (χ0) is 25.8. The molecule has 3 heterocycles. The van der Waals surface area contributed by atoms with Crippen LogP contribution in [-0.4, -0.2) is 89.9 Å². The molecule has 2 fully saturated rings. The summed E-state index contributed by atoms with van der Waals surface area (Å²) < 4.78 is 4.61. The predicted molar refractivity (Wildman–Crippen MR) is 142 cm³/mol. The van der Waals surface area contributed by atoms with Crippen molar-refractivity contribution in [2.75, 3.05) is 46.4 Å². The van der Waals surface area contributed by atoms with E-state index in [0.717, 1.165) is 29.8 Å². The van der Waals surface area contributed by atoms with Gasteiger partial charge in [-0.25, -0.2) is 9.78 Å². The lowest BCUT2D eigenvalue weighted by Gasteiger charge is -2.48. The molecule has 8 nitrogen and oxygen atoms in total. The summed E-state index contributed by atoms with van der Waals surface area (Å²) in [7, 11) is 1.35. The Morgan fingerprint density at radius 1 is 0.892 bits per heavy atom. The number of likely N-dealkylation sites (tertiary alicyclic amines) is 1. The van der Waals surface area contributed by atoms with Gasteiger partial charge < -0.3 is 14.5 Å². The van der Waals surface area contributed by atoms with E-state index in [1.807, 2.05) is 63.7 Å². The van der Waals surface area contributed by atoms with Crippen LogP contribution in [0.25, 0.3) is 17.2 Å². The first-order valence-corrected chi connectivity index (χ1v) is 13.1. The van der Waals surface area contributed by atoms with E-state index in [0.29, 0.717) is 42.8 Å². The maximum atomic E-state index is 13.0. The van der Waals surface area contributed by atoms with Crippen molar-refractivity contribution in [1.82, 2.24) is 19.7 Å². The molecule has 0 N–H and O–H groups in total. The van der Waals surface area contributed by atoms with E-state index in [1.54, 1.807) is 12.3 Å². The van der Waals surface area contributed by atoms with Gasteiger partial charge in [-0.05, 0) is 34.9 Å². The van der Waals surface area contributed by atoms with Gasteiger partial charge in [0.25, 0.3) is 11.8 Å². The molecule has 37 heavy (non-hydrogen) atoms. The number of rotatable bonds is 6. The summed E-state index contributed by atoms with van der Waals surface area (Å²) in [5.41, 5.74) is 3.64. The molecule has 0 bridgehead atoms. The molecule has 1 aromatic heterocycles. The minimum atomic E-state index is -0.389. The number of piperazine rings is 1. The Bertz CT molecular complexity index is 1270. The Balaban J connectivity index is 1.10. The fourth-order valence-corrected chi connectivity index (χ4v) is 5.22. The van der Waals surface area contributed by atoms with Gasteiger partial charge in [-0.2, -0.15) is 0 Å². The number of carbonyl (C=O) groups excluding carboxylic acids is 3. The van der Waals surface area contributed by atoms with Crippen LogP contribution in [0.15, 0.2) is 66.2 Å². The topological polar surface area (TPSA) is 83.1 Å². The summed E-state index contributed by atoms with van der Waals surface area (Å²) in [6.45, 7) is 4.43. The maximum absolute atomic E-state index is 13.0. The minimum Gasteiger partial charge on any atom is -0.466 e. The largest absolute Gasteiger partial charge is 0.466 e. The number of methoxy groups -OCH3 is 1. The second-order valence-electron chi connectivity index (χ2n) is 9.09. The van der Waals surface area contributed by atoms with Crippen LogP contribution in [0.2, 0.25) is 0 Å². The van der Waals surface area contributed by atoms with E-state index in [9.17, 15) is 14.4 Å². The highest BCUT2D eigenvalue weighted by molar-refractivity contribution is 7.11. The summed E-state index contributed by atoms with van der Waals surface area (Å²) in [6, 6.07) is 15.8. The third-order valence-electron chi connectivity index (χ3n) is 6.87. The Labute approximate surface area is 219 Å². The second kappa shape index (κ2) is 11.1. The van der Waals surface area contributed by atoms with Crippen LogP contribution in [0, 0.1) is 0 Å². The van der Waals surface area contributed by atoms with E-state index in [1.165, 1.54) is 24.5 Å². The van der Waals surface area contributed by atoms with E-state index < -0.39 is 0 Å². The molecule has 9 heteroatoms. The van der Waals surface area contributed by atoms with Crippen LogP contribution < -0.4 is 0 Å². The molecule has 0 atom stereocenters. The van der Waals surface area contributed by atoms with Crippen molar-refractivity contribution in [2.45, 2.75) is 6.04 Å². The van der Waals surface area contributed by atoms with Gasteiger partial charge in [0.15, 0.2) is 5.01 Å². The van der Waals surface area contributed by atoms with Crippen molar-refractivity contribution < 1.29 is 19.1 Å². The number of carbonyl (C=O) groups is 3. The number of nitrogens with zero attached hydrogens (tertiary/aromatic N) is 4. The van der Waals surface area contributed by atoms with Crippen LogP contribution >= 0.6 is 11.3 Å². The molecule has 2 saturated heterocycles. The molecule has 0 aliphatic carbocycles. The summed E-state index contributed by atoms with van der Waals surface area (Å²) >= 11 is 1.38. The first kappa shape index (κ1) is 24.9. The molecular weight excluding hydrogens is 488 g/mol. The molecule has 0 radical (unpaired) electrons. The summed E-state index contributed by atoms with van der Waals surface area (Å²) in [4.78, 5) is 47.0. The average Bonchev–Trinajstić information content (AvgIpc) is 3.46. The Morgan fingerprint density at radius 3 is 2.14 bits per heavy atom. The van der Waals surface area contributed by atoms with Crippen LogP contribution in [0.4, 0.5) is 0 Å². The Kier molecular flexibility index (Phi) is 7.43. The second-order valence-corrected chi connectivity index (χ2v) is 9.98. The van der Waals surface area contributed by atoms with Gasteiger partial charge in [0.1, 0.15) is 0 Å². The number of esters is 1. The lowest BCUT2D eigenvalue weighted by molar-refractivity contribution is -0.134. The highest BCUT2D eigenvalue weighted by Crippen LogP contribution is 2.24. The van der Waals surface area contributed by atoms with Crippen LogP contribution in [0.5, 0.6) is 0 Å². The van der Waals surface area contributed by atoms with Gasteiger partial charge in [0, 0.05) is 68.5 Å². The van der Waals surface area contributed by atoms with Gasteiger partial charge in [0.05, 0.1) is 7.11 Å².